The van der Waals surface area contributed by atoms with Crippen LogP contribution in [-0.2, 0) is 21.9 Å². The van der Waals surface area contributed by atoms with E-state index in [2.05, 4.69) is 10.4 Å². The highest BCUT2D eigenvalue weighted by Crippen LogP contribution is 2.30. The van der Waals surface area contributed by atoms with E-state index in [-0.39, 0.29) is 24.1 Å². The summed E-state index contributed by atoms with van der Waals surface area (Å²) >= 11 is 0. The molecule has 2 rings (SSSR count). The van der Waals surface area contributed by atoms with Gasteiger partial charge in [-0.1, -0.05) is 40.2 Å². The maximum Gasteiger partial charge on any atom is 0.416 e. The van der Waals surface area contributed by atoms with Crippen LogP contribution >= 0.6 is 0 Å². The Morgan fingerprint density at radius 2 is 1.71 bits per heavy atom. The molecule has 0 aliphatic carbocycles. The Kier molecular flexibility index (Phi) is 8.22. The molecule has 1 aromatic heterocycles. The monoisotopic (exact) mass is 480 g/mol. The van der Waals surface area contributed by atoms with Gasteiger partial charge in [-0.05, 0) is 45.4 Å². The summed E-state index contributed by atoms with van der Waals surface area (Å²) in [6, 6.07) is 6.08. The van der Waals surface area contributed by atoms with Gasteiger partial charge in [-0.3, -0.25) is 9.59 Å². The Bertz CT molecular complexity index is 1010. The summed E-state index contributed by atoms with van der Waals surface area (Å²) in [6.07, 6.45) is -3.18. The molecule has 1 N–H and O–H groups in total. The molecule has 0 saturated carbocycles. The number of rotatable bonds is 7. The van der Waals surface area contributed by atoms with Crippen LogP contribution in [0.2, 0.25) is 0 Å². The Balaban J connectivity index is 2.29. The third-order valence-corrected chi connectivity index (χ3v) is 5.22. The SMILES string of the molecule is CCCCN(CC(=O)Nc1cc(C(C)(C)C)nn1C(C)(C)C)C(=O)c1cccc(C(F)(F)F)c1. The molecule has 0 aliphatic heterocycles. The second-order valence-electron chi connectivity index (χ2n) is 10.5. The first-order chi connectivity index (χ1) is 15.5. The van der Waals surface area contributed by atoms with Gasteiger partial charge in [-0.25, -0.2) is 4.68 Å². The summed E-state index contributed by atoms with van der Waals surface area (Å²) in [5.41, 5.74) is -0.832. The number of hydrogen-bond acceptors (Lipinski definition) is 3. The highest BCUT2D eigenvalue weighted by molar-refractivity contribution is 5.99. The Hall–Kier alpha value is -2.84. The van der Waals surface area contributed by atoms with Gasteiger partial charge in [0, 0.05) is 23.6 Å². The van der Waals surface area contributed by atoms with Crippen LogP contribution in [0.25, 0.3) is 0 Å². The van der Waals surface area contributed by atoms with Crippen LogP contribution in [-0.4, -0.2) is 39.6 Å². The molecule has 0 aliphatic rings. The zero-order valence-corrected chi connectivity index (χ0v) is 21.0. The largest absolute Gasteiger partial charge is 0.416 e. The van der Waals surface area contributed by atoms with E-state index in [0.29, 0.717) is 12.2 Å². The number of nitrogens with one attached hydrogen (secondary N) is 1. The topological polar surface area (TPSA) is 67.2 Å². The van der Waals surface area contributed by atoms with Crippen molar-refractivity contribution in [1.82, 2.24) is 14.7 Å². The number of anilines is 1. The fourth-order valence-electron chi connectivity index (χ4n) is 3.32. The maximum atomic E-state index is 13.1. The fraction of sp³-hybridized carbons (Fsp3) is 0.560. The third kappa shape index (κ3) is 7.08. The van der Waals surface area contributed by atoms with E-state index >= 15 is 0 Å². The van der Waals surface area contributed by atoms with Crippen LogP contribution < -0.4 is 5.32 Å². The fourth-order valence-corrected chi connectivity index (χ4v) is 3.32. The summed E-state index contributed by atoms with van der Waals surface area (Å²) in [5.74, 6) is -0.555. The molecule has 0 spiro atoms. The molecule has 0 saturated heterocycles. The summed E-state index contributed by atoms with van der Waals surface area (Å²) in [7, 11) is 0. The zero-order chi connectivity index (χ0) is 25.9. The van der Waals surface area contributed by atoms with Crippen molar-refractivity contribution in [1.29, 1.82) is 0 Å². The molecule has 0 fully saturated rings. The van der Waals surface area contributed by atoms with E-state index in [1.807, 2.05) is 54.5 Å². The molecular formula is C25H35F3N4O2. The van der Waals surface area contributed by atoms with Crippen LogP contribution in [0, 0.1) is 0 Å². The van der Waals surface area contributed by atoms with Crippen LogP contribution in [0.3, 0.4) is 0 Å². The van der Waals surface area contributed by atoms with Gasteiger partial charge in [0.25, 0.3) is 5.91 Å². The molecular weight excluding hydrogens is 445 g/mol. The van der Waals surface area contributed by atoms with Gasteiger partial charge >= 0.3 is 6.18 Å². The molecule has 188 valence electrons. The smallest absolute Gasteiger partial charge is 0.329 e. The van der Waals surface area contributed by atoms with E-state index < -0.39 is 29.1 Å². The number of carbonyl (C=O) groups is 2. The van der Waals surface area contributed by atoms with Crippen molar-refractivity contribution in [3.05, 3.63) is 47.2 Å². The van der Waals surface area contributed by atoms with Crippen molar-refractivity contribution in [3.8, 4) is 0 Å². The average molecular weight is 481 g/mol. The van der Waals surface area contributed by atoms with Gasteiger partial charge < -0.3 is 10.2 Å². The van der Waals surface area contributed by atoms with Gasteiger partial charge in [0.15, 0.2) is 0 Å². The maximum absolute atomic E-state index is 13.1. The Labute approximate surface area is 199 Å². The van der Waals surface area contributed by atoms with Crippen molar-refractivity contribution < 1.29 is 22.8 Å². The predicted octanol–water partition coefficient (Wildman–Crippen LogP) is 5.84. The van der Waals surface area contributed by atoms with Crippen LogP contribution in [0.5, 0.6) is 0 Å². The lowest BCUT2D eigenvalue weighted by Gasteiger charge is -2.25. The zero-order valence-electron chi connectivity index (χ0n) is 21.0. The molecule has 0 atom stereocenters. The van der Waals surface area contributed by atoms with E-state index in [1.54, 1.807) is 4.68 Å². The minimum atomic E-state index is -4.56. The number of halogens is 3. The summed E-state index contributed by atoms with van der Waals surface area (Å²) < 4.78 is 41.1. The first kappa shape index (κ1) is 27.4. The highest BCUT2D eigenvalue weighted by Gasteiger charge is 2.32. The average Bonchev–Trinajstić information content (AvgIpc) is 3.14. The predicted molar refractivity (Wildman–Crippen MR) is 127 cm³/mol. The number of hydrogen-bond donors (Lipinski definition) is 1. The van der Waals surface area contributed by atoms with Gasteiger partial charge in [-0.15, -0.1) is 0 Å². The molecule has 6 nitrogen and oxygen atoms in total. The molecule has 0 unspecified atom stereocenters. The molecule has 0 radical (unpaired) electrons. The van der Waals surface area contributed by atoms with Crippen molar-refractivity contribution in [3.63, 3.8) is 0 Å². The number of carbonyl (C=O) groups excluding carboxylic acids is 2. The first-order valence-corrected chi connectivity index (χ1v) is 11.4. The number of unbranched alkanes of at least 4 members (excludes halogenated alkanes) is 1. The minimum Gasteiger partial charge on any atom is -0.329 e. The van der Waals surface area contributed by atoms with Crippen molar-refractivity contribution in [2.45, 2.75) is 78.4 Å². The summed E-state index contributed by atoms with van der Waals surface area (Å²) in [4.78, 5) is 27.3. The number of alkyl halides is 3. The van der Waals surface area contributed by atoms with E-state index in [9.17, 15) is 22.8 Å². The quantitative estimate of drug-likeness (QED) is 0.542. The van der Waals surface area contributed by atoms with Gasteiger partial charge in [-0.2, -0.15) is 18.3 Å². The summed E-state index contributed by atoms with van der Waals surface area (Å²) in [6.45, 7) is 13.9. The standard InChI is InChI=1S/C25H35F3N4O2/c1-8-9-13-31(22(34)17-11-10-12-18(14-17)25(26,27)28)16-21(33)29-20-15-19(23(2,3)4)30-32(20)24(5,6)7/h10-12,14-15H,8-9,13,16H2,1-7H3,(H,29,33). The second-order valence-corrected chi connectivity index (χ2v) is 10.5. The van der Waals surface area contributed by atoms with Crippen molar-refractivity contribution in [2.24, 2.45) is 0 Å². The Morgan fingerprint density at radius 3 is 2.24 bits per heavy atom. The van der Waals surface area contributed by atoms with Gasteiger partial charge in [0.1, 0.15) is 12.4 Å². The summed E-state index contributed by atoms with van der Waals surface area (Å²) in [5, 5.41) is 7.51. The molecule has 2 amide bonds. The van der Waals surface area contributed by atoms with E-state index in [0.717, 1.165) is 24.2 Å². The number of nitrogens with zero attached hydrogens (tertiary/aromatic N) is 3. The minimum absolute atomic E-state index is 0.103. The lowest BCUT2D eigenvalue weighted by Crippen LogP contribution is -2.39. The van der Waals surface area contributed by atoms with Crippen LogP contribution in [0.15, 0.2) is 30.3 Å². The number of benzene rings is 1. The van der Waals surface area contributed by atoms with E-state index in [4.69, 9.17) is 0 Å². The van der Waals surface area contributed by atoms with Crippen molar-refractivity contribution in [2.75, 3.05) is 18.4 Å². The third-order valence-electron chi connectivity index (χ3n) is 5.22. The normalized spacial score (nSPS) is 12.5. The molecule has 1 aromatic carbocycles. The van der Waals surface area contributed by atoms with Crippen LogP contribution in [0.4, 0.5) is 19.0 Å². The first-order valence-electron chi connectivity index (χ1n) is 11.4. The lowest BCUT2D eigenvalue weighted by molar-refractivity contribution is -0.137. The van der Waals surface area contributed by atoms with Crippen LogP contribution in [0.1, 0.15) is 82.9 Å². The Morgan fingerprint density at radius 1 is 1.06 bits per heavy atom. The van der Waals surface area contributed by atoms with Gasteiger partial charge in [0.05, 0.1) is 16.8 Å². The highest BCUT2D eigenvalue weighted by atomic mass is 19.4. The molecule has 34 heavy (non-hydrogen) atoms. The van der Waals surface area contributed by atoms with Gasteiger partial charge in [0.2, 0.25) is 5.91 Å². The molecule has 0 bridgehead atoms. The molecule has 2 aromatic rings. The number of amides is 2. The van der Waals surface area contributed by atoms with Crippen molar-refractivity contribution >= 4 is 17.6 Å². The molecule has 1 heterocycles. The number of aromatic nitrogens is 2. The lowest BCUT2D eigenvalue weighted by atomic mass is 9.92. The van der Waals surface area contributed by atoms with E-state index in [1.165, 1.54) is 17.0 Å². The second kappa shape index (κ2) is 10.2. The molecule has 9 heteroatoms.